The van der Waals surface area contributed by atoms with Gasteiger partial charge in [-0.1, -0.05) is 0 Å². The summed E-state index contributed by atoms with van der Waals surface area (Å²) in [4.78, 5) is 8.33. The number of nitrogens with one attached hydrogen (secondary N) is 2. The van der Waals surface area contributed by atoms with Gasteiger partial charge in [-0.2, -0.15) is 0 Å². The molecule has 0 spiro atoms. The molecule has 1 aromatic carbocycles. The van der Waals surface area contributed by atoms with Gasteiger partial charge in [0.25, 0.3) is 0 Å². The zero-order chi connectivity index (χ0) is 17.5. The molecule has 130 valence electrons. The minimum Gasteiger partial charge on any atom is -0.492 e. The minimum atomic E-state index is -0.936. The molecule has 0 aliphatic rings. The molecule has 0 aliphatic heterocycles. The number of oxazole rings is 1. The van der Waals surface area contributed by atoms with Crippen LogP contribution in [0.1, 0.15) is 17.3 Å². The number of aliphatic imine (C=N–C) groups is 1. The summed E-state index contributed by atoms with van der Waals surface area (Å²) >= 11 is 0. The lowest BCUT2D eigenvalue weighted by Crippen LogP contribution is -2.38. The Bertz CT molecular complexity index is 697. The lowest BCUT2D eigenvalue weighted by atomic mass is 10.3. The summed E-state index contributed by atoms with van der Waals surface area (Å²) in [5, 5.41) is 6.09. The van der Waals surface area contributed by atoms with Crippen LogP contribution in [0.25, 0.3) is 0 Å². The Labute approximate surface area is 138 Å². The maximum Gasteiger partial charge on any atom is 0.214 e. The van der Waals surface area contributed by atoms with Crippen molar-refractivity contribution < 1.29 is 17.9 Å². The topological polar surface area (TPSA) is 71.7 Å². The van der Waals surface area contributed by atoms with E-state index in [9.17, 15) is 8.78 Å². The zero-order valence-corrected chi connectivity index (χ0v) is 13.8. The lowest BCUT2D eigenvalue weighted by molar-refractivity contribution is 0.318. The summed E-state index contributed by atoms with van der Waals surface area (Å²) in [6.45, 7) is 4.84. The molecule has 0 saturated carbocycles. The van der Waals surface area contributed by atoms with Crippen LogP contribution in [0.15, 0.2) is 27.6 Å². The number of ether oxygens (including phenoxy) is 1. The Morgan fingerprint density at radius 2 is 2.04 bits per heavy atom. The molecule has 8 heteroatoms. The first-order valence-electron chi connectivity index (χ1n) is 7.45. The standard InChI is InChI=1S/C16H20F2N4O2/c1-10-11(2)24-15(22-10)9-21-16(19-3)20-6-7-23-12-4-5-13(17)14(18)8-12/h4-5,8H,6-7,9H2,1-3H3,(H2,19,20,21). The molecule has 0 fully saturated rings. The maximum atomic E-state index is 13.0. The summed E-state index contributed by atoms with van der Waals surface area (Å²) in [6.07, 6.45) is 0. The van der Waals surface area contributed by atoms with Crippen molar-refractivity contribution >= 4 is 5.96 Å². The van der Waals surface area contributed by atoms with Gasteiger partial charge >= 0.3 is 0 Å². The SMILES string of the molecule is CN=C(NCCOc1ccc(F)c(F)c1)NCc1nc(C)c(C)o1. The minimum absolute atomic E-state index is 0.267. The quantitative estimate of drug-likeness (QED) is 0.480. The fourth-order valence-corrected chi connectivity index (χ4v) is 1.90. The van der Waals surface area contributed by atoms with E-state index in [1.54, 1.807) is 7.05 Å². The monoisotopic (exact) mass is 338 g/mol. The van der Waals surface area contributed by atoms with Crippen molar-refractivity contribution in [2.24, 2.45) is 4.99 Å². The van der Waals surface area contributed by atoms with Crippen LogP contribution in [-0.4, -0.2) is 31.1 Å². The summed E-state index contributed by atoms with van der Waals surface area (Å²) < 4.78 is 36.7. The average molecular weight is 338 g/mol. The zero-order valence-electron chi connectivity index (χ0n) is 13.8. The van der Waals surface area contributed by atoms with Crippen LogP contribution >= 0.6 is 0 Å². The highest BCUT2D eigenvalue weighted by Gasteiger charge is 2.06. The van der Waals surface area contributed by atoms with Crippen molar-refractivity contribution in [2.75, 3.05) is 20.2 Å². The van der Waals surface area contributed by atoms with Gasteiger partial charge in [0.2, 0.25) is 5.89 Å². The molecular formula is C16H20F2N4O2. The van der Waals surface area contributed by atoms with Gasteiger partial charge in [-0.15, -0.1) is 0 Å². The molecule has 0 bridgehead atoms. The first kappa shape index (κ1) is 17.7. The lowest BCUT2D eigenvalue weighted by Gasteiger charge is -2.11. The summed E-state index contributed by atoms with van der Waals surface area (Å²) in [5.41, 5.74) is 0.856. The first-order chi connectivity index (χ1) is 11.5. The normalized spacial score (nSPS) is 11.5. The molecule has 6 nitrogen and oxygen atoms in total. The fraction of sp³-hybridized carbons (Fsp3) is 0.375. The second-order valence-corrected chi connectivity index (χ2v) is 5.03. The summed E-state index contributed by atoms with van der Waals surface area (Å²) in [7, 11) is 1.64. The Hall–Kier alpha value is -2.64. The number of guanidine groups is 1. The second kappa shape index (κ2) is 8.28. The molecule has 2 rings (SSSR count). The first-order valence-corrected chi connectivity index (χ1v) is 7.45. The number of hydrogen-bond donors (Lipinski definition) is 2. The van der Waals surface area contributed by atoms with Gasteiger partial charge in [-0.3, -0.25) is 4.99 Å². The van der Waals surface area contributed by atoms with Gasteiger partial charge in [0, 0.05) is 13.1 Å². The second-order valence-electron chi connectivity index (χ2n) is 5.03. The van der Waals surface area contributed by atoms with E-state index < -0.39 is 11.6 Å². The Kier molecular flexibility index (Phi) is 6.11. The van der Waals surface area contributed by atoms with Gasteiger partial charge in [0.1, 0.15) is 18.1 Å². The Balaban J connectivity index is 1.72. The van der Waals surface area contributed by atoms with Crippen molar-refractivity contribution in [3.05, 3.63) is 47.2 Å². The number of aromatic nitrogens is 1. The molecule has 1 aromatic heterocycles. The molecule has 1 heterocycles. The molecule has 0 atom stereocenters. The van der Waals surface area contributed by atoms with E-state index >= 15 is 0 Å². The van der Waals surface area contributed by atoms with Crippen LogP contribution in [0.3, 0.4) is 0 Å². The maximum absolute atomic E-state index is 13.0. The van der Waals surface area contributed by atoms with Gasteiger partial charge < -0.3 is 19.8 Å². The predicted octanol–water partition coefficient (Wildman–Crippen LogP) is 2.31. The highest BCUT2D eigenvalue weighted by atomic mass is 19.2. The van der Waals surface area contributed by atoms with Crippen LogP contribution in [-0.2, 0) is 6.54 Å². The summed E-state index contributed by atoms with van der Waals surface area (Å²) in [5.74, 6) is 0.346. The highest BCUT2D eigenvalue weighted by molar-refractivity contribution is 5.79. The third kappa shape index (κ3) is 4.94. The van der Waals surface area contributed by atoms with Gasteiger partial charge in [0.15, 0.2) is 17.6 Å². The van der Waals surface area contributed by atoms with E-state index in [0.717, 1.165) is 23.6 Å². The van der Waals surface area contributed by atoms with E-state index in [1.807, 2.05) is 13.8 Å². The third-order valence-electron chi connectivity index (χ3n) is 3.26. The van der Waals surface area contributed by atoms with Crippen molar-refractivity contribution in [2.45, 2.75) is 20.4 Å². The number of nitrogens with zero attached hydrogens (tertiary/aromatic N) is 2. The van der Waals surface area contributed by atoms with Gasteiger partial charge in [0.05, 0.1) is 18.8 Å². The van der Waals surface area contributed by atoms with Crippen molar-refractivity contribution in [1.82, 2.24) is 15.6 Å². The third-order valence-corrected chi connectivity index (χ3v) is 3.26. The number of rotatable bonds is 6. The molecule has 0 saturated heterocycles. The summed E-state index contributed by atoms with van der Waals surface area (Å²) in [6, 6.07) is 3.41. The number of halogens is 2. The molecule has 2 N–H and O–H groups in total. The molecule has 24 heavy (non-hydrogen) atoms. The number of hydrogen-bond acceptors (Lipinski definition) is 4. The smallest absolute Gasteiger partial charge is 0.214 e. The van der Waals surface area contributed by atoms with E-state index in [1.165, 1.54) is 6.07 Å². The van der Waals surface area contributed by atoms with E-state index in [0.29, 0.717) is 24.9 Å². The molecule has 0 aliphatic carbocycles. The van der Waals surface area contributed by atoms with E-state index in [2.05, 4.69) is 20.6 Å². The van der Waals surface area contributed by atoms with Crippen LogP contribution < -0.4 is 15.4 Å². The van der Waals surface area contributed by atoms with Crippen molar-refractivity contribution in [3.63, 3.8) is 0 Å². The largest absolute Gasteiger partial charge is 0.492 e. The van der Waals surface area contributed by atoms with E-state index in [4.69, 9.17) is 9.15 Å². The number of benzene rings is 1. The Morgan fingerprint density at radius 3 is 2.67 bits per heavy atom. The van der Waals surface area contributed by atoms with Gasteiger partial charge in [-0.05, 0) is 26.0 Å². The average Bonchev–Trinajstić information content (AvgIpc) is 2.88. The molecule has 0 amide bonds. The molecule has 2 aromatic rings. The van der Waals surface area contributed by atoms with Crippen LogP contribution in [0, 0.1) is 25.5 Å². The fourth-order valence-electron chi connectivity index (χ4n) is 1.90. The number of aryl methyl sites for hydroxylation is 2. The molecule has 0 radical (unpaired) electrons. The van der Waals surface area contributed by atoms with Crippen LogP contribution in [0.4, 0.5) is 8.78 Å². The van der Waals surface area contributed by atoms with Gasteiger partial charge in [-0.25, -0.2) is 13.8 Å². The van der Waals surface area contributed by atoms with Crippen molar-refractivity contribution in [1.29, 1.82) is 0 Å². The van der Waals surface area contributed by atoms with Crippen molar-refractivity contribution in [3.8, 4) is 5.75 Å². The Morgan fingerprint density at radius 1 is 1.25 bits per heavy atom. The predicted molar refractivity (Wildman–Crippen MR) is 86.0 cm³/mol. The molecule has 0 unspecified atom stereocenters. The van der Waals surface area contributed by atoms with Crippen LogP contribution in [0.5, 0.6) is 5.75 Å². The molecular weight excluding hydrogens is 318 g/mol. The highest BCUT2D eigenvalue weighted by Crippen LogP contribution is 2.15. The van der Waals surface area contributed by atoms with E-state index in [-0.39, 0.29) is 12.4 Å². The van der Waals surface area contributed by atoms with Crippen LogP contribution in [0.2, 0.25) is 0 Å².